The Kier molecular flexibility index (Phi) is 5.05. The standard InChI is InChI=1S/C15H21F3N2/c16-15(17,18)13-5-3-4-12(10-13)11-20-9-2-1-6-14(20)7-8-19/h3-5,10,14H,1-2,6-9,11,19H2. The minimum absolute atomic E-state index is 0.406. The number of nitrogens with zero attached hydrogens (tertiary/aromatic N) is 1. The van der Waals surface area contributed by atoms with E-state index in [4.69, 9.17) is 5.73 Å². The lowest BCUT2D eigenvalue weighted by Crippen LogP contribution is -2.40. The van der Waals surface area contributed by atoms with E-state index < -0.39 is 11.7 Å². The van der Waals surface area contributed by atoms with Crippen molar-refractivity contribution < 1.29 is 13.2 Å². The van der Waals surface area contributed by atoms with Crippen molar-refractivity contribution in [1.82, 2.24) is 4.90 Å². The number of hydrogen-bond acceptors (Lipinski definition) is 2. The molecule has 2 rings (SSSR count). The molecule has 0 aromatic heterocycles. The van der Waals surface area contributed by atoms with Gasteiger partial charge >= 0.3 is 6.18 Å². The number of piperidine rings is 1. The SMILES string of the molecule is NCCC1CCCCN1Cc1cccc(C(F)(F)F)c1. The van der Waals surface area contributed by atoms with E-state index in [-0.39, 0.29) is 0 Å². The van der Waals surface area contributed by atoms with Crippen LogP contribution in [-0.4, -0.2) is 24.0 Å². The third-order valence-corrected chi connectivity index (χ3v) is 3.89. The highest BCUT2D eigenvalue weighted by molar-refractivity contribution is 5.25. The number of alkyl halides is 3. The first-order chi connectivity index (χ1) is 9.50. The summed E-state index contributed by atoms with van der Waals surface area (Å²) in [6.45, 7) is 2.15. The number of benzene rings is 1. The van der Waals surface area contributed by atoms with Crippen molar-refractivity contribution >= 4 is 0 Å². The van der Waals surface area contributed by atoms with Crippen LogP contribution in [0, 0.1) is 0 Å². The van der Waals surface area contributed by atoms with Crippen LogP contribution in [0.25, 0.3) is 0 Å². The summed E-state index contributed by atoms with van der Waals surface area (Å²) in [5.74, 6) is 0. The molecule has 1 saturated heterocycles. The van der Waals surface area contributed by atoms with E-state index in [1.165, 1.54) is 18.6 Å². The first-order valence-corrected chi connectivity index (χ1v) is 7.11. The van der Waals surface area contributed by atoms with Gasteiger partial charge in [0.05, 0.1) is 5.56 Å². The zero-order valence-electron chi connectivity index (χ0n) is 11.5. The van der Waals surface area contributed by atoms with Crippen molar-refractivity contribution in [2.24, 2.45) is 5.73 Å². The van der Waals surface area contributed by atoms with Crippen molar-refractivity contribution in [1.29, 1.82) is 0 Å². The van der Waals surface area contributed by atoms with Crippen LogP contribution in [-0.2, 0) is 12.7 Å². The topological polar surface area (TPSA) is 29.3 Å². The Hall–Kier alpha value is -1.07. The van der Waals surface area contributed by atoms with Gasteiger partial charge in [0.15, 0.2) is 0 Å². The van der Waals surface area contributed by atoms with Gasteiger partial charge in [-0.2, -0.15) is 13.2 Å². The number of hydrogen-bond donors (Lipinski definition) is 1. The molecule has 0 saturated carbocycles. The summed E-state index contributed by atoms with van der Waals surface area (Å²) >= 11 is 0. The van der Waals surface area contributed by atoms with E-state index >= 15 is 0 Å². The first-order valence-electron chi connectivity index (χ1n) is 7.11. The van der Waals surface area contributed by atoms with Gasteiger partial charge in [0.2, 0.25) is 0 Å². The number of likely N-dealkylation sites (tertiary alicyclic amines) is 1. The second kappa shape index (κ2) is 6.59. The highest BCUT2D eigenvalue weighted by Gasteiger charge is 2.30. The van der Waals surface area contributed by atoms with Crippen molar-refractivity contribution in [3.05, 3.63) is 35.4 Å². The van der Waals surface area contributed by atoms with Gasteiger partial charge in [-0.1, -0.05) is 24.6 Å². The Morgan fingerprint density at radius 2 is 2.05 bits per heavy atom. The molecule has 2 N–H and O–H groups in total. The lowest BCUT2D eigenvalue weighted by Gasteiger charge is -2.35. The molecule has 1 unspecified atom stereocenters. The smallest absolute Gasteiger partial charge is 0.330 e. The van der Waals surface area contributed by atoms with Crippen LogP contribution in [0.2, 0.25) is 0 Å². The molecule has 1 aromatic rings. The van der Waals surface area contributed by atoms with E-state index in [2.05, 4.69) is 4.90 Å². The summed E-state index contributed by atoms with van der Waals surface area (Å²) < 4.78 is 38.1. The fraction of sp³-hybridized carbons (Fsp3) is 0.600. The van der Waals surface area contributed by atoms with Gasteiger partial charge in [0.1, 0.15) is 0 Å². The largest absolute Gasteiger partial charge is 0.416 e. The van der Waals surface area contributed by atoms with E-state index in [0.717, 1.165) is 37.4 Å². The molecule has 1 fully saturated rings. The number of nitrogens with two attached hydrogens (primary N) is 1. The van der Waals surface area contributed by atoms with Crippen LogP contribution in [0.5, 0.6) is 0 Å². The predicted octanol–water partition coefficient (Wildman–Crippen LogP) is 3.41. The van der Waals surface area contributed by atoms with Gasteiger partial charge in [-0.15, -0.1) is 0 Å². The predicted molar refractivity (Wildman–Crippen MR) is 73.2 cm³/mol. The van der Waals surface area contributed by atoms with Crippen LogP contribution >= 0.6 is 0 Å². The summed E-state index contributed by atoms with van der Waals surface area (Å²) in [5.41, 5.74) is 5.78. The maximum atomic E-state index is 12.7. The van der Waals surface area contributed by atoms with Gasteiger partial charge in [-0.25, -0.2) is 0 Å². The molecular weight excluding hydrogens is 265 g/mol. The molecule has 0 amide bonds. The van der Waals surface area contributed by atoms with E-state index in [9.17, 15) is 13.2 Å². The highest BCUT2D eigenvalue weighted by atomic mass is 19.4. The molecule has 1 aliphatic heterocycles. The molecule has 0 radical (unpaired) electrons. The Balaban J connectivity index is 2.08. The second-order valence-corrected chi connectivity index (χ2v) is 5.40. The Bertz CT molecular complexity index is 429. The Morgan fingerprint density at radius 3 is 2.75 bits per heavy atom. The molecule has 0 aliphatic carbocycles. The summed E-state index contributed by atoms with van der Waals surface area (Å²) in [7, 11) is 0. The molecule has 20 heavy (non-hydrogen) atoms. The van der Waals surface area contributed by atoms with Gasteiger partial charge in [-0.05, 0) is 44.0 Å². The summed E-state index contributed by atoms with van der Waals surface area (Å²) in [6.07, 6.45) is 0.0352. The lowest BCUT2D eigenvalue weighted by molar-refractivity contribution is -0.137. The fourth-order valence-corrected chi connectivity index (χ4v) is 2.87. The van der Waals surface area contributed by atoms with E-state index in [1.54, 1.807) is 6.07 Å². The van der Waals surface area contributed by atoms with Crippen molar-refractivity contribution in [2.75, 3.05) is 13.1 Å². The number of rotatable bonds is 4. The molecule has 2 nitrogen and oxygen atoms in total. The Morgan fingerprint density at radius 1 is 1.25 bits per heavy atom. The molecule has 0 spiro atoms. The second-order valence-electron chi connectivity index (χ2n) is 5.40. The van der Waals surface area contributed by atoms with Crippen molar-refractivity contribution in [3.8, 4) is 0 Å². The van der Waals surface area contributed by atoms with E-state index in [1.807, 2.05) is 0 Å². The maximum Gasteiger partial charge on any atom is 0.416 e. The van der Waals surface area contributed by atoms with Crippen molar-refractivity contribution in [3.63, 3.8) is 0 Å². The fourth-order valence-electron chi connectivity index (χ4n) is 2.87. The zero-order chi connectivity index (χ0) is 14.6. The minimum atomic E-state index is -4.27. The molecule has 5 heteroatoms. The molecule has 1 heterocycles. The normalized spacial score (nSPS) is 21.1. The lowest BCUT2D eigenvalue weighted by atomic mass is 9.98. The van der Waals surface area contributed by atoms with Crippen LogP contribution < -0.4 is 5.73 Å². The van der Waals surface area contributed by atoms with Gasteiger partial charge in [-0.3, -0.25) is 4.90 Å². The minimum Gasteiger partial charge on any atom is -0.330 e. The summed E-state index contributed by atoms with van der Waals surface area (Å²) in [5, 5.41) is 0. The van der Waals surface area contributed by atoms with Crippen LogP contribution in [0.4, 0.5) is 13.2 Å². The molecule has 1 aliphatic rings. The quantitative estimate of drug-likeness (QED) is 0.919. The summed E-state index contributed by atoms with van der Waals surface area (Å²) in [4.78, 5) is 2.27. The molecule has 112 valence electrons. The zero-order valence-corrected chi connectivity index (χ0v) is 11.5. The van der Waals surface area contributed by atoms with Gasteiger partial charge in [0.25, 0.3) is 0 Å². The third kappa shape index (κ3) is 3.96. The third-order valence-electron chi connectivity index (χ3n) is 3.89. The van der Waals surface area contributed by atoms with Crippen molar-refractivity contribution in [2.45, 2.75) is 44.4 Å². The van der Waals surface area contributed by atoms with Gasteiger partial charge in [0, 0.05) is 12.6 Å². The monoisotopic (exact) mass is 286 g/mol. The van der Waals surface area contributed by atoms with E-state index in [0.29, 0.717) is 19.1 Å². The number of halogens is 3. The summed E-state index contributed by atoms with van der Waals surface area (Å²) in [6, 6.07) is 6.04. The molecule has 0 bridgehead atoms. The molecule has 1 aromatic carbocycles. The first kappa shape index (κ1) is 15.3. The van der Waals surface area contributed by atoms with Gasteiger partial charge < -0.3 is 5.73 Å². The molecular formula is C15H21F3N2. The average molecular weight is 286 g/mol. The van der Waals surface area contributed by atoms with Crippen LogP contribution in [0.15, 0.2) is 24.3 Å². The van der Waals surface area contributed by atoms with Crippen LogP contribution in [0.1, 0.15) is 36.8 Å². The van der Waals surface area contributed by atoms with Crippen LogP contribution in [0.3, 0.4) is 0 Å². The average Bonchev–Trinajstić information content (AvgIpc) is 2.41. The molecule has 1 atom stereocenters. The Labute approximate surface area is 117 Å². The maximum absolute atomic E-state index is 12.7. The highest BCUT2D eigenvalue weighted by Crippen LogP contribution is 2.30.